The number of halogens is 2. The first kappa shape index (κ1) is 17.2. The maximum atomic E-state index is 15.6. The minimum Gasteiger partial charge on any atom is -0.453 e. The molecule has 1 aromatic heterocycles. The number of aromatic nitrogens is 2. The van der Waals surface area contributed by atoms with Crippen LogP contribution in [0.3, 0.4) is 0 Å². The van der Waals surface area contributed by atoms with E-state index in [4.69, 9.17) is 4.74 Å². The van der Waals surface area contributed by atoms with Crippen LogP contribution in [-0.2, 0) is 9.53 Å². The van der Waals surface area contributed by atoms with Crippen molar-refractivity contribution < 1.29 is 18.3 Å². The van der Waals surface area contributed by atoms with Crippen LogP contribution in [0.2, 0.25) is 0 Å². The van der Waals surface area contributed by atoms with Gasteiger partial charge in [0.2, 0.25) is 0 Å². The smallest absolute Gasteiger partial charge is 0.303 e. The fourth-order valence-corrected chi connectivity index (χ4v) is 4.51. The Balaban J connectivity index is 1.70. The van der Waals surface area contributed by atoms with Gasteiger partial charge in [0.05, 0.1) is 24.3 Å². The fourth-order valence-electron chi connectivity index (χ4n) is 4.51. The highest BCUT2D eigenvalue weighted by atomic mass is 19.3. The number of imidazole rings is 1. The van der Waals surface area contributed by atoms with Gasteiger partial charge in [-0.1, -0.05) is 30.7 Å². The average Bonchev–Trinajstić information content (AvgIpc) is 3.18. The van der Waals surface area contributed by atoms with Crippen molar-refractivity contribution >= 4 is 5.97 Å². The molecule has 2 heterocycles. The molecule has 4 nitrogen and oxygen atoms in total. The maximum Gasteiger partial charge on any atom is 0.303 e. The molecule has 1 atom stereocenters. The zero-order valence-corrected chi connectivity index (χ0v) is 14.8. The topological polar surface area (TPSA) is 44.1 Å². The molecule has 138 valence electrons. The number of nitrogens with zero attached hydrogens (tertiary/aromatic N) is 2. The third-order valence-electron chi connectivity index (χ3n) is 5.71. The van der Waals surface area contributed by atoms with Gasteiger partial charge in [-0.05, 0) is 31.2 Å². The van der Waals surface area contributed by atoms with Crippen LogP contribution < -0.4 is 0 Å². The summed E-state index contributed by atoms with van der Waals surface area (Å²) in [5, 5.41) is 0. The molecule has 0 N–H and O–H groups in total. The summed E-state index contributed by atoms with van der Waals surface area (Å²) >= 11 is 0. The summed E-state index contributed by atoms with van der Waals surface area (Å²) in [7, 11) is 0. The molecule has 1 aliphatic heterocycles. The molecule has 1 unspecified atom stereocenters. The molecular formula is C20H22F2N2O2. The van der Waals surface area contributed by atoms with E-state index in [2.05, 4.69) is 4.98 Å². The van der Waals surface area contributed by atoms with Gasteiger partial charge in [-0.25, -0.2) is 13.8 Å². The van der Waals surface area contributed by atoms with Crippen LogP contribution in [0.25, 0.3) is 11.3 Å². The summed E-state index contributed by atoms with van der Waals surface area (Å²) < 4.78 is 38.2. The van der Waals surface area contributed by atoms with Gasteiger partial charge < -0.3 is 9.30 Å². The number of ether oxygens (including phenoxy) is 1. The minimum atomic E-state index is -3.12. The predicted molar refractivity (Wildman–Crippen MR) is 92.9 cm³/mol. The van der Waals surface area contributed by atoms with Crippen molar-refractivity contribution in [2.24, 2.45) is 0 Å². The summed E-state index contributed by atoms with van der Waals surface area (Å²) in [6.07, 6.45) is 5.54. The van der Waals surface area contributed by atoms with E-state index >= 15 is 8.78 Å². The zero-order valence-electron chi connectivity index (χ0n) is 14.8. The second-order valence-corrected chi connectivity index (χ2v) is 7.35. The van der Waals surface area contributed by atoms with Gasteiger partial charge in [0.1, 0.15) is 0 Å². The molecule has 0 amide bonds. The number of carbonyl (C=O) groups is 1. The summed E-state index contributed by atoms with van der Waals surface area (Å²) in [6, 6.07) is 7.09. The second kappa shape index (κ2) is 6.18. The van der Waals surface area contributed by atoms with Crippen molar-refractivity contribution in [1.82, 2.24) is 9.55 Å². The number of rotatable bonds is 4. The van der Waals surface area contributed by atoms with E-state index in [0.717, 1.165) is 23.2 Å². The molecule has 0 spiro atoms. The van der Waals surface area contributed by atoms with Crippen molar-refractivity contribution in [3.63, 3.8) is 0 Å². The van der Waals surface area contributed by atoms with Crippen molar-refractivity contribution in [2.75, 3.05) is 0 Å². The Hall–Kier alpha value is -2.24. The number of benzene rings is 1. The van der Waals surface area contributed by atoms with Crippen LogP contribution in [0.1, 0.15) is 57.1 Å². The number of hydrogen-bond acceptors (Lipinski definition) is 3. The number of hydrogen-bond donors (Lipinski definition) is 0. The largest absolute Gasteiger partial charge is 0.453 e. The van der Waals surface area contributed by atoms with Gasteiger partial charge in [0.25, 0.3) is 5.92 Å². The molecule has 0 saturated heterocycles. The highest BCUT2D eigenvalue weighted by Gasteiger charge is 2.58. The quantitative estimate of drug-likeness (QED) is 0.740. The summed E-state index contributed by atoms with van der Waals surface area (Å²) in [4.78, 5) is 15.7. The van der Waals surface area contributed by atoms with Crippen LogP contribution >= 0.6 is 0 Å². The Morgan fingerprint density at radius 3 is 2.77 bits per heavy atom. The molecular weight excluding hydrogens is 338 g/mol. The minimum absolute atomic E-state index is 0.213. The molecule has 0 radical (unpaired) electrons. The van der Waals surface area contributed by atoms with Gasteiger partial charge in [0.15, 0.2) is 5.60 Å². The lowest BCUT2D eigenvalue weighted by atomic mass is 9.77. The summed E-state index contributed by atoms with van der Waals surface area (Å²) in [5.41, 5.74) is 0.968. The van der Waals surface area contributed by atoms with E-state index < -0.39 is 30.0 Å². The molecule has 1 fully saturated rings. The van der Waals surface area contributed by atoms with E-state index in [9.17, 15) is 4.79 Å². The molecule has 6 heteroatoms. The molecule has 1 aliphatic carbocycles. The standard InChI is InChI=1S/C20H22F2N2O2/c1-14(25)26-19(9-5-2-6-10-19)20(21,22)11-17-15-7-3-4-8-16(15)18-12-23-13-24(17)18/h3-4,7-8,12-13,17H,2,5-6,9-11H2,1H3. The van der Waals surface area contributed by atoms with Crippen molar-refractivity contribution in [1.29, 1.82) is 0 Å². The van der Waals surface area contributed by atoms with Gasteiger partial charge in [0, 0.05) is 18.9 Å². The highest BCUT2D eigenvalue weighted by molar-refractivity contribution is 5.69. The molecule has 1 aromatic carbocycles. The van der Waals surface area contributed by atoms with Crippen LogP contribution in [0, 0.1) is 0 Å². The molecule has 4 rings (SSSR count). The Labute approximate surface area is 151 Å². The Morgan fingerprint density at radius 1 is 1.31 bits per heavy atom. The summed E-state index contributed by atoms with van der Waals surface area (Å²) in [5.74, 6) is -3.76. The summed E-state index contributed by atoms with van der Waals surface area (Å²) in [6.45, 7) is 1.21. The molecule has 2 aliphatic rings. The van der Waals surface area contributed by atoms with Gasteiger partial charge in [-0.3, -0.25) is 4.79 Å². The lowest BCUT2D eigenvalue weighted by molar-refractivity contribution is -0.225. The van der Waals surface area contributed by atoms with Crippen molar-refractivity contribution in [3.05, 3.63) is 42.4 Å². The SMILES string of the molecule is CC(=O)OC1(C(F)(F)CC2c3ccccc3-c3cncn32)CCCCC1. The predicted octanol–water partition coefficient (Wildman–Crippen LogP) is 4.74. The van der Waals surface area contributed by atoms with Crippen LogP contribution in [0.5, 0.6) is 0 Å². The highest BCUT2D eigenvalue weighted by Crippen LogP contribution is 2.51. The van der Waals surface area contributed by atoms with E-state index in [-0.39, 0.29) is 12.8 Å². The molecule has 26 heavy (non-hydrogen) atoms. The van der Waals surface area contributed by atoms with Gasteiger partial charge >= 0.3 is 5.97 Å². The Kier molecular flexibility index (Phi) is 4.09. The third-order valence-corrected chi connectivity index (χ3v) is 5.71. The van der Waals surface area contributed by atoms with Crippen molar-refractivity contribution in [3.8, 4) is 11.3 Å². The Morgan fingerprint density at radius 2 is 2.04 bits per heavy atom. The number of alkyl halides is 2. The first-order valence-electron chi connectivity index (χ1n) is 9.12. The molecule has 2 aromatic rings. The zero-order chi connectivity index (χ0) is 18.4. The maximum absolute atomic E-state index is 15.6. The first-order chi connectivity index (χ1) is 12.4. The third kappa shape index (κ3) is 2.63. The van der Waals surface area contributed by atoms with Gasteiger partial charge in [-0.15, -0.1) is 0 Å². The van der Waals surface area contributed by atoms with E-state index in [1.54, 1.807) is 12.5 Å². The number of carbonyl (C=O) groups excluding carboxylic acids is 1. The van der Waals surface area contributed by atoms with Crippen LogP contribution in [0.4, 0.5) is 8.78 Å². The Bertz CT molecular complexity index is 825. The van der Waals surface area contributed by atoms with Crippen LogP contribution in [0.15, 0.2) is 36.8 Å². The monoisotopic (exact) mass is 360 g/mol. The normalized spacial score (nSPS) is 21.1. The molecule has 1 saturated carbocycles. The van der Waals surface area contributed by atoms with E-state index in [1.165, 1.54) is 6.92 Å². The lowest BCUT2D eigenvalue weighted by Gasteiger charge is -2.43. The second-order valence-electron chi connectivity index (χ2n) is 7.35. The van der Waals surface area contributed by atoms with Crippen molar-refractivity contribution in [2.45, 2.75) is 63.0 Å². The average molecular weight is 360 g/mol. The number of esters is 1. The fraction of sp³-hybridized carbons (Fsp3) is 0.500. The van der Waals surface area contributed by atoms with E-state index in [1.807, 2.05) is 28.8 Å². The first-order valence-corrected chi connectivity index (χ1v) is 9.12. The van der Waals surface area contributed by atoms with Gasteiger partial charge in [-0.2, -0.15) is 0 Å². The van der Waals surface area contributed by atoms with Crippen LogP contribution in [-0.4, -0.2) is 27.0 Å². The lowest BCUT2D eigenvalue weighted by Crippen LogP contribution is -2.53. The van der Waals surface area contributed by atoms with E-state index in [0.29, 0.717) is 12.8 Å². The number of fused-ring (bicyclic) bond motifs is 3. The molecule has 0 bridgehead atoms.